The average molecular weight is 401 g/mol. The predicted molar refractivity (Wildman–Crippen MR) is 135 cm³/mol. The van der Waals surface area contributed by atoms with Gasteiger partial charge in [-0.25, -0.2) is 0 Å². The molecule has 0 fully saturated rings. The number of hydrogen-bond acceptors (Lipinski definition) is 0. The molecule has 0 saturated carbocycles. The molecule has 152 valence electrons. The first-order chi connectivity index (χ1) is 15.2. The van der Waals surface area contributed by atoms with Crippen LogP contribution in [0.5, 0.6) is 0 Å². The molecular formula is C31H28. The van der Waals surface area contributed by atoms with Crippen molar-refractivity contribution in [3.63, 3.8) is 0 Å². The normalized spacial score (nSPS) is 14.3. The monoisotopic (exact) mass is 400 g/mol. The second kappa shape index (κ2) is 7.71. The lowest BCUT2D eigenvalue weighted by molar-refractivity contribution is 1.13. The standard InChI is InChI=1S/C31H28/c1-5-8-12-22(11-6-2)29-21(7-3)15-16-25-20(4)24-17-18-27-26-14-10-9-13-23(26)19-28(27)30(24)31(25)29/h5-6,8-18H,4,7,19H2,1-3H3/b8-5-,11-6-,22-12+. The minimum absolute atomic E-state index is 0.995. The molecule has 0 bridgehead atoms. The molecule has 5 rings (SSSR count). The molecule has 0 N–H and O–H groups in total. The van der Waals surface area contributed by atoms with E-state index in [0.717, 1.165) is 18.4 Å². The van der Waals surface area contributed by atoms with E-state index in [9.17, 15) is 0 Å². The molecule has 3 aromatic carbocycles. The fraction of sp³-hybridized carbons (Fsp3) is 0.161. The van der Waals surface area contributed by atoms with Crippen LogP contribution in [0, 0.1) is 0 Å². The van der Waals surface area contributed by atoms with Crippen LogP contribution in [0.3, 0.4) is 0 Å². The second-order valence-electron chi connectivity index (χ2n) is 8.35. The Hall–Kier alpha value is -3.38. The van der Waals surface area contributed by atoms with Gasteiger partial charge < -0.3 is 0 Å². The Morgan fingerprint density at radius 3 is 2.39 bits per heavy atom. The second-order valence-corrected chi connectivity index (χ2v) is 8.35. The zero-order valence-corrected chi connectivity index (χ0v) is 18.6. The predicted octanol–water partition coefficient (Wildman–Crippen LogP) is 8.40. The summed E-state index contributed by atoms with van der Waals surface area (Å²) in [6.07, 6.45) is 12.9. The molecule has 2 aliphatic carbocycles. The Labute approximate surface area is 186 Å². The topological polar surface area (TPSA) is 0 Å². The van der Waals surface area contributed by atoms with E-state index in [0.29, 0.717) is 0 Å². The van der Waals surface area contributed by atoms with E-state index in [2.05, 4.69) is 106 Å². The number of allylic oxidation sites excluding steroid dienone is 6. The number of aryl methyl sites for hydroxylation is 1. The van der Waals surface area contributed by atoms with E-state index in [1.54, 1.807) is 0 Å². The van der Waals surface area contributed by atoms with Gasteiger partial charge in [0.25, 0.3) is 0 Å². The van der Waals surface area contributed by atoms with Crippen molar-refractivity contribution in [1.82, 2.24) is 0 Å². The van der Waals surface area contributed by atoms with Crippen LogP contribution in [-0.2, 0) is 12.8 Å². The molecule has 0 unspecified atom stereocenters. The van der Waals surface area contributed by atoms with Gasteiger partial charge in [0.1, 0.15) is 0 Å². The van der Waals surface area contributed by atoms with E-state index in [4.69, 9.17) is 0 Å². The Kier molecular flexibility index (Phi) is 4.87. The van der Waals surface area contributed by atoms with Crippen molar-refractivity contribution in [1.29, 1.82) is 0 Å². The van der Waals surface area contributed by atoms with Crippen LogP contribution in [0.2, 0.25) is 0 Å². The minimum atomic E-state index is 0.995. The zero-order chi connectivity index (χ0) is 21.5. The van der Waals surface area contributed by atoms with E-state index >= 15 is 0 Å². The summed E-state index contributed by atoms with van der Waals surface area (Å²) in [7, 11) is 0. The van der Waals surface area contributed by atoms with Crippen molar-refractivity contribution in [3.05, 3.63) is 119 Å². The van der Waals surface area contributed by atoms with E-state index < -0.39 is 0 Å². The highest BCUT2D eigenvalue weighted by atomic mass is 14.4. The summed E-state index contributed by atoms with van der Waals surface area (Å²) in [5, 5.41) is 0. The van der Waals surface area contributed by atoms with Crippen molar-refractivity contribution in [2.75, 3.05) is 0 Å². The van der Waals surface area contributed by atoms with Gasteiger partial charge in [0.05, 0.1) is 0 Å². The third-order valence-corrected chi connectivity index (χ3v) is 6.66. The van der Waals surface area contributed by atoms with E-state index in [1.807, 2.05) is 0 Å². The fourth-order valence-corrected chi connectivity index (χ4v) is 5.28. The van der Waals surface area contributed by atoms with Gasteiger partial charge in [-0.3, -0.25) is 0 Å². The lowest BCUT2D eigenvalue weighted by atomic mass is 9.86. The number of fused-ring (bicyclic) bond motifs is 7. The summed E-state index contributed by atoms with van der Waals surface area (Å²) in [6.45, 7) is 10.9. The van der Waals surface area contributed by atoms with Crippen LogP contribution in [0.25, 0.3) is 33.4 Å². The quantitative estimate of drug-likeness (QED) is 0.266. The number of benzene rings is 3. The Morgan fingerprint density at radius 2 is 1.61 bits per heavy atom. The van der Waals surface area contributed by atoms with Crippen molar-refractivity contribution >= 4 is 11.1 Å². The smallest absolute Gasteiger partial charge is 0.000705 e. The molecule has 0 nitrogen and oxygen atoms in total. The molecule has 0 aromatic heterocycles. The maximum absolute atomic E-state index is 4.52. The molecule has 31 heavy (non-hydrogen) atoms. The summed E-state index contributed by atoms with van der Waals surface area (Å²) in [4.78, 5) is 0. The van der Waals surface area contributed by atoms with Crippen LogP contribution in [0.15, 0.2) is 85.5 Å². The molecule has 3 aromatic rings. The van der Waals surface area contributed by atoms with Crippen molar-refractivity contribution in [2.24, 2.45) is 0 Å². The average Bonchev–Trinajstić information content (AvgIpc) is 3.31. The first-order valence-corrected chi connectivity index (χ1v) is 11.3. The minimum Gasteiger partial charge on any atom is -0.0905 e. The first-order valence-electron chi connectivity index (χ1n) is 11.3. The van der Waals surface area contributed by atoms with Gasteiger partial charge in [0.15, 0.2) is 0 Å². The van der Waals surface area contributed by atoms with Crippen molar-refractivity contribution < 1.29 is 0 Å². The Balaban J connectivity index is 1.86. The molecule has 0 saturated heterocycles. The molecule has 0 heterocycles. The largest absolute Gasteiger partial charge is 0.0905 e. The van der Waals surface area contributed by atoms with Crippen LogP contribution in [0.1, 0.15) is 54.2 Å². The third-order valence-electron chi connectivity index (χ3n) is 6.66. The lowest BCUT2D eigenvalue weighted by Crippen LogP contribution is -1.98. The van der Waals surface area contributed by atoms with Gasteiger partial charge >= 0.3 is 0 Å². The van der Waals surface area contributed by atoms with Gasteiger partial charge in [-0.1, -0.05) is 92.4 Å². The van der Waals surface area contributed by atoms with Gasteiger partial charge in [0, 0.05) is 0 Å². The summed E-state index contributed by atoms with van der Waals surface area (Å²) in [6, 6.07) is 18.0. The van der Waals surface area contributed by atoms with Crippen LogP contribution < -0.4 is 0 Å². The highest BCUT2D eigenvalue weighted by Crippen LogP contribution is 2.53. The van der Waals surface area contributed by atoms with Gasteiger partial charge in [-0.15, -0.1) is 0 Å². The summed E-state index contributed by atoms with van der Waals surface area (Å²) in [5.41, 5.74) is 16.2. The van der Waals surface area contributed by atoms with E-state index in [1.165, 1.54) is 61.2 Å². The van der Waals surface area contributed by atoms with Crippen LogP contribution in [-0.4, -0.2) is 0 Å². The molecule has 0 radical (unpaired) electrons. The van der Waals surface area contributed by atoms with Gasteiger partial charge in [-0.2, -0.15) is 0 Å². The summed E-state index contributed by atoms with van der Waals surface area (Å²) >= 11 is 0. The molecule has 0 atom stereocenters. The molecule has 0 spiro atoms. The summed E-state index contributed by atoms with van der Waals surface area (Å²) in [5.74, 6) is 0. The van der Waals surface area contributed by atoms with Crippen molar-refractivity contribution in [3.8, 4) is 22.3 Å². The Morgan fingerprint density at radius 1 is 0.871 bits per heavy atom. The van der Waals surface area contributed by atoms with Crippen LogP contribution >= 0.6 is 0 Å². The molecule has 0 aliphatic heterocycles. The maximum Gasteiger partial charge on any atom is -0.000705 e. The Bertz CT molecular complexity index is 1310. The van der Waals surface area contributed by atoms with E-state index in [-0.39, 0.29) is 0 Å². The molecular weight excluding hydrogens is 372 g/mol. The molecule has 0 heteroatoms. The molecule has 0 amide bonds. The zero-order valence-electron chi connectivity index (χ0n) is 18.6. The first kappa shape index (κ1) is 19.6. The lowest BCUT2D eigenvalue weighted by Gasteiger charge is -2.17. The maximum atomic E-state index is 4.52. The van der Waals surface area contributed by atoms with Gasteiger partial charge in [-0.05, 0) is 93.5 Å². The fourth-order valence-electron chi connectivity index (χ4n) is 5.28. The SMILES string of the molecule is C=C1c2ccc3c(c2-c2c1ccc(CC)c2C(/C=C\C)=C/C=C\C)Cc1ccccc1-3. The highest BCUT2D eigenvalue weighted by Gasteiger charge is 2.32. The van der Waals surface area contributed by atoms with Crippen molar-refractivity contribution in [2.45, 2.75) is 33.6 Å². The number of rotatable bonds is 4. The summed E-state index contributed by atoms with van der Waals surface area (Å²) < 4.78 is 0. The van der Waals surface area contributed by atoms with Crippen LogP contribution in [0.4, 0.5) is 0 Å². The third kappa shape index (κ3) is 2.90. The molecule has 2 aliphatic rings. The number of hydrogen-bond donors (Lipinski definition) is 0. The highest BCUT2D eigenvalue weighted by molar-refractivity contribution is 6.08. The van der Waals surface area contributed by atoms with Gasteiger partial charge in [0.2, 0.25) is 0 Å².